The normalized spacial score (nSPS) is 12.4. The molecule has 2 rings (SSSR count). The van der Waals surface area contributed by atoms with Crippen molar-refractivity contribution in [2.45, 2.75) is 19.4 Å². The zero-order valence-corrected chi connectivity index (χ0v) is 9.90. The topological polar surface area (TPSA) is 33.1 Å². The third-order valence-corrected chi connectivity index (χ3v) is 2.82. The van der Waals surface area contributed by atoms with E-state index in [-0.39, 0.29) is 12.0 Å². The predicted molar refractivity (Wildman–Crippen MR) is 64.0 cm³/mol. The maximum absolute atomic E-state index is 13.6. The fraction of sp³-hybridized carbons (Fsp3) is 0.214. The van der Waals surface area contributed by atoms with Gasteiger partial charge in [0.05, 0.1) is 6.10 Å². The molecular formula is C14H13F2NO. The second-order valence-corrected chi connectivity index (χ2v) is 4.20. The van der Waals surface area contributed by atoms with Crippen molar-refractivity contribution in [2.75, 3.05) is 0 Å². The van der Waals surface area contributed by atoms with Crippen molar-refractivity contribution in [2.24, 2.45) is 0 Å². The summed E-state index contributed by atoms with van der Waals surface area (Å²) in [5.74, 6) is -1.33. The number of rotatable bonds is 3. The van der Waals surface area contributed by atoms with Crippen LogP contribution in [0.25, 0.3) is 0 Å². The molecule has 4 heteroatoms. The fourth-order valence-corrected chi connectivity index (χ4v) is 1.79. The van der Waals surface area contributed by atoms with Gasteiger partial charge in [-0.3, -0.25) is 4.98 Å². The molecule has 18 heavy (non-hydrogen) atoms. The van der Waals surface area contributed by atoms with Crippen LogP contribution in [0.3, 0.4) is 0 Å². The summed E-state index contributed by atoms with van der Waals surface area (Å²) in [7, 11) is 0. The van der Waals surface area contributed by atoms with Gasteiger partial charge in [0.25, 0.3) is 0 Å². The molecular weight excluding hydrogens is 236 g/mol. The number of pyridine rings is 1. The van der Waals surface area contributed by atoms with Crippen LogP contribution >= 0.6 is 0 Å². The Morgan fingerprint density at radius 1 is 1.17 bits per heavy atom. The molecule has 0 fully saturated rings. The van der Waals surface area contributed by atoms with Crippen LogP contribution in [0.1, 0.15) is 22.8 Å². The molecule has 1 atom stereocenters. The number of benzene rings is 1. The van der Waals surface area contributed by atoms with Gasteiger partial charge in [0.2, 0.25) is 0 Å². The molecule has 2 aromatic rings. The van der Waals surface area contributed by atoms with Crippen molar-refractivity contribution >= 4 is 0 Å². The van der Waals surface area contributed by atoms with E-state index in [2.05, 4.69) is 4.98 Å². The molecule has 0 bridgehead atoms. The van der Waals surface area contributed by atoms with Crippen molar-refractivity contribution in [1.29, 1.82) is 0 Å². The van der Waals surface area contributed by atoms with Crippen LogP contribution < -0.4 is 0 Å². The number of hydrogen-bond acceptors (Lipinski definition) is 2. The van der Waals surface area contributed by atoms with Crippen molar-refractivity contribution in [3.05, 3.63) is 65.0 Å². The largest absolute Gasteiger partial charge is 0.388 e. The van der Waals surface area contributed by atoms with E-state index < -0.39 is 17.7 Å². The summed E-state index contributed by atoms with van der Waals surface area (Å²) in [5.41, 5.74) is 1.28. The molecule has 0 amide bonds. The van der Waals surface area contributed by atoms with E-state index in [0.29, 0.717) is 5.56 Å². The maximum atomic E-state index is 13.6. The SMILES string of the molecule is Cc1cc(C(O)Cc2ccncc2)c(F)cc1F. The quantitative estimate of drug-likeness (QED) is 0.907. The van der Waals surface area contributed by atoms with Gasteiger partial charge in [-0.25, -0.2) is 8.78 Å². The molecule has 0 saturated carbocycles. The molecule has 0 aliphatic rings. The molecule has 1 N–H and O–H groups in total. The molecule has 2 nitrogen and oxygen atoms in total. The number of hydrogen-bond donors (Lipinski definition) is 1. The van der Waals surface area contributed by atoms with Gasteiger partial charge < -0.3 is 5.11 Å². The first-order valence-electron chi connectivity index (χ1n) is 5.60. The minimum Gasteiger partial charge on any atom is -0.388 e. The molecule has 0 saturated heterocycles. The monoisotopic (exact) mass is 249 g/mol. The van der Waals surface area contributed by atoms with Crippen molar-refractivity contribution < 1.29 is 13.9 Å². The van der Waals surface area contributed by atoms with Gasteiger partial charge in [-0.05, 0) is 36.2 Å². The summed E-state index contributed by atoms with van der Waals surface area (Å²) in [6.07, 6.45) is 2.49. The van der Waals surface area contributed by atoms with Crippen molar-refractivity contribution in [3.8, 4) is 0 Å². The zero-order valence-electron chi connectivity index (χ0n) is 9.90. The van der Waals surface area contributed by atoms with Crippen LogP contribution in [0, 0.1) is 18.6 Å². The van der Waals surface area contributed by atoms with Gasteiger partial charge in [-0.15, -0.1) is 0 Å². The van der Waals surface area contributed by atoms with E-state index in [4.69, 9.17) is 0 Å². The second kappa shape index (κ2) is 5.23. The summed E-state index contributed by atoms with van der Waals surface area (Å²) in [6.45, 7) is 1.54. The average Bonchev–Trinajstić information content (AvgIpc) is 2.35. The highest BCUT2D eigenvalue weighted by molar-refractivity contribution is 5.28. The van der Waals surface area contributed by atoms with E-state index >= 15 is 0 Å². The second-order valence-electron chi connectivity index (χ2n) is 4.20. The summed E-state index contributed by atoms with van der Waals surface area (Å²) >= 11 is 0. The van der Waals surface area contributed by atoms with Gasteiger partial charge in [0.1, 0.15) is 11.6 Å². The Hall–Kier alpha value is -1.81. The smallest absolute Gasteiger partial charge is 0.131 e. The Morgan fingerprint density at radius 2 is 1.83 bits per heavy atom. The lowest BCUT2D eigenvalue weighted by Crippen LogP contribution is -2.06. The standard InChI is InChI=1S/C14H13F2NO/c1-9-6-11(13(16)8-12(9)15)14(18)7-10-2-4-17-5-3-10/h2-6,8,14,18H,7H2,1H3. The first kappa shape index (κ1) is 12.6. The Balaban J connectivity index is 2.24. The Labute approximate surface area is 104 Å². The number of aromatic nitrogens is 1. The molecule has 0 aliphatic heterocycles. The lowest BCUT2D eigenvalue weighted by Gasteiger charge is -2.13. The molecule has 0 aliphatic carbocycles. The maximum Gasteiger partial charge on any atom is 0.131 e. The van der Waals surface area contributed by atoms with Crippen LogP contribution in [-0.2, 0) is 6.42 Å². The Morgan fingerprint density at radius 3 is 2.50 bits per heavy atom. The number of halogens is 2. The highest BCUT2D eigenvalue weighted by Crippen LogP contribution is 2.23. The summed E-state index contributed by atoms with van der Waals surface area (Å²) in [4.78, 5) is 3.86. The average molecular weight is 249 g/mol. The van der Waals surface area contributed by atoms with Gasteiger partial charge in [0.15, 0.2) is 0 Å². The van der Waals surface area contributed by atoms with E-state index in [1.807, 2.05) is 0 Å². The molecule has 1 heterocycles. The molecule has 1 unspecified atom stereocenters. The molecule has 94 valence electrons. The minimum absolute atomic E-state index is 0.116. The van der Waals surface area contributed by atoms with Crippen LogP contribution in [0.2, 0.25) is 0 Å². The first-order valence-corrected chi connectivity index (χ1v) is 5.60. The summed E-state index contributed by atoms with van der Waals surface area (Å²) < 4.78 is 26.7. The van der Waals surface area contributed by atoms with E-state index in [1.165, 1.54) is 13.0 Å². The number of nitrogens with zero attached hydrogens (tertiary/aromatic N) is 1. The Kier molecular flexibility index (Phi) is 3.67. The van der Waals surface area contributed by atoms with E-state index in [0.717, 1.165) is 11.6 Å². The van der Waals surface area contributed by atoms with E-state index in [9.17, 15) is 13.9 Å². The fourth-order valence-electron chi connectivity index (χ4n) is 1.79. The molecule has 1 aromatic carbocycles. The summed E-state index contributed by atoms with van der Waals surface area (Å²) in [5, 5.41) is 9.99. The molecule has 1 aromatic heterocycles. The third kappa shape index (κ3) is 2.71. The van der Waals surface area contributed by atoms with Crippen LogP contribution in [0.5, 0.6) is 0 Å². The van der Waals surface area contributed by atoms with Crippen LogP contribution in [0.15, 0.2) is 36.7 Å². The van der Waals surface area contributed by atoms with E-state index in [1.54, 1.807) is 24.5 Å². The third-order valence-electron chi connectivity index (χ3n) is 2.82. The summed E-state index contributed by atoms with van der Waals surface area (Å²) in [6, 6.07) is 5.64. The Bertz CT molecular complexity index is 543. The number of aliphatic hydroxyl groups excluding tert-OH is 1. The van der Waals surface area contributed by atoms with Crippen LogP contribution in [0.4, 0.5) is 8.78 Å². The highest BCUT2D eigenvalue weighted by atomic mass is 19.1. The van der Waals surface area contributed by atoms with Crippen molar-refractivity contribution in [1.82, 2.24) is 4.98 Å². The van der Waals surface area contributed by atoms with Gasteiger partial charge in [-0.1, -0.05) is 0 Å². The lowest BCUT2D eigenvalue weighted by atomic mass is 10.00. The zero-order chi connectivity index (χ0) is 13.1. The van der Waals surface area contributed by atoms with Gasteiger partial charge >= 0.3 is 0 Å². The van der Waals surface area contributed by atoms with Gasteiger partial charge in [-0.2, -0.15) is 0 Å². The molecule has 0 spiro atoms. The van der Waals surface area contributed by atoms with Gasteiger partial charge in [0, 0.05) is 30.4 Å². The van der Waals surface area contributed by atoms with Crippen LogP contribution in [-0.4, -0.2) is 10.1 Å². The number of aliphatic hydroxyl groups is 1. The minimum atomic E-state index is -0.994. The highest BCUT2D eigenvalue weighted by Gasteiger charge is 2.15. The predicted octanol–water partition coefficient (Wildman–Crippen LogP) is 2.94. The lowest BCUT2D eigenvalue weighted by molar-refractivity contribution is 0.173. The van der Waals surface area contributed by atoms with Crippen molar-refractivity contribution in [3.63, 3.8) is 0 Å². The molecule has 0 radical (unpaired) electrons. The number of aryl methyl sites for hydroxylation is 1. The first-order chi connectivity index (χ1) is 8.58.